The van der Waals surface area contributed by atoms with E-state index in [1.54, 1.807) is 29.3 Å². The number of esters is 1. The Morgan fingerprint density at radius 3 is 2.43 bits per heavy atom. The summed E-state index contributed by atoms with van der Waals surface area (Å²) in [5.41, 5.74) is 4.21. The van der Waals surface area contributed by atoms with Crippen molar-refractivity contribution < 1.29 is 14.1 Å². The quantitative estimate of drug-likeness (QED) is 0.291. The molecule has 0 unspecified atom stereocenters. The molecule has 0 aliphatic carbocycles. The second-order valence-corrected chi connectivity index (χ2v) is 8.28. The molecule has 6 aromatic rings. The van der Waals surface area contributed by atoms with E-state index in [1.807, 2.05) is 72.8 Å². The zero-order chi connectivity index (χ0) is 25.0. The monoisotopic (exact) mass is 488 g/mol. The first kappa shape index (κ1) is 22.3. The number of benzene rings is 2. The van der Waals surface area contributed by atoms with E-state index < -0.39 is 5.97 Å². The van der Waals surface area contributed by atoms with Gasteiger partial charge in [0.25, 0.3) is 5.89 Å². The van der Waals surface area contributed by atoms with Gasteiger partial charge in [-0.2, -0.15) is 10.1 Å². The van der Waals surface area contributed by atoms with E-state index in [4.69, 9.17) is 14.2 Å². The molecule has 0 spiro atoms. The Hall–Kier alpha value is -5.18. The van der Waals surface area contributed by atoms with Crippen LogP contribution in [0.25, 0.3) is 33.7 Å². The van der Waals surface area contributed by atoms with Crippen LogP contribution in [0.2, 0.25) is 0 Å². The molecule has 0 aliphatic heterocycles. The second kappa shape index (κ2) is 9.82. The average molecular weight is 489 g/mol. The van der Waals surface area contributed by atoms with E-state index in [0.717, 1.165) is 16.7 Å². The number of pyridine rings is 2. The third-order valence-electron chi connectivity index (χ3n) is 5.78. The van der Waals surface area contributed by atoms with Gasteiger partial charge in [0.05, 0.1) is 29.4 Å². The number of hydrogen-bond acceptors (Lipinski definition) is 8. The lowest BCUT2D eigenvalue weighted by molar-refractivity contribution is 0.0432. The first-order valence-electron chi connectivity index (χ1n) is 11.6. The number of rotatable bonds is 7. The molecule has 9 nitrogen and oxygen atoms in total. The Morgan fingerprint density at radius 2 is 1.68 bits per heavy atom. The van der Waals surface area contributed by atoms with Crippen LogP contribution in [0.15, 0.2) is 102 Å². The third-order valence-corrected chi connectivity index (χ3v) is 5.78. The lowest BCUT2D eigenvalue weighted by atomic mass is 10.1. The molecule has 4 heterocycles. The number of carbonyl (C=O) groups excluding carboxylic acids is 1. The number of aromatic nitrogens is 6. The van der Waals surface area contributed by atoms with Gasteiger partial charge >= 0.3 is 5.97 Å². The normalized spacial score (nSPS) is 11.0. The van der Waals surface area contributed by atoms with Gasteiger partial charge in [-0.15, -0.1) is 0 Å². The van der Waals surface area contributed by atoms with Crippen LogP contribution in [0, 0.1) is 0 Å². The van der Waals surface area contributed by atoms with Crippen LogP contribution in [0.3, 0.4) is 0 Å². The van der Waals surface area contributed by atoms with Crippen molar-refractivity contribution >= 4 is 17.0 Å². The standard InChI is InChI=1S/C28H20N6O3/c35-28(36-18-25-32-26(33-37-25)21-11-5-2-6-12-21)22-14-24(20-9-3-1-4-10-20)31-27-23(22)16-30-34(27)17-19-8-7-13-29-15-19/h1-16H,17-18H2. The summed E-state index contributed by atoms with van der Waals surface area (Å²) in [5.74, 6) is 0.0963. The summed E-state index contributed by atoms with van der Waals surface area (Å²) in [6.45, 7) is 0.300. The highest BCUT2D eigenvalue weighted by molar-refractivity contribution is 6.03. The van der Waals surface area contributed by atoms with Crippen LogP contribution in [-0.2, 0) is 17.9 Å². The van der Waals surface area contributed by atoms with Gasteiger partial charge in [-0.25, -0.2) is 14.5 Å². The van der Waals surface area contributed by atoms with Crippen molar-refractivity contribution in [2.45, 2.75) is 13.2 Å². The van der Waals surface area contributed by atoms with E-state index >= 15 is 0 Å². The molecule has 0 saturated heterocycles. The van der Waals surface area contributed by atoms with Gasteiger partial charge in [-0.1, -0.05) is 71.9 Å². The summed E-state index contributed by atoms with van der Waals surface area (Å²) >= 11 is 0. The Bertz CT molecular complexity index is 1660. The Kier molecular flexibility index (Phi) is 5.92. The minimum atomic E-state index is -0.537. The minimum absolute atomic E-state index is 0.160. The van der Waals surface area contributed by atoms with Crippen LogP contribution in [0.4, 0.5) is 0 Å². The van der Waals surface area contributed by atoms with E-state index in [2.05, 4.69) is 20.2 Å². The van der Waals surface area contributed by atoms with Gasteiger partial charge in [0, 0.05) is 23.5 Å². The minimum Gasteiger partial charge on any atom is -0.452 e. The van der Waals surface area contributed by atoms with Gasteiger partial charge in [-0.05, 0) is 17.7 Å². The van der Waals surface area contributed by atoms with Crippen LogP contribution in [0.5, 0.6) is 0 Å². The molecule has 0 bridgehead atoms. The van der Waals surface area contributed by atoms with Crippen LogP contribution in [-0.4, -0.2) is 35.9 Å². The summed E-state index contributed by atoms with van der Waals surface area (Å²) in [6, 6.07) is 24.6. The second-order valence-electron chi connectivity index (χ2n) is 8.28. The maximum absolute atomic E-state index is 13.3. The highest BCUT2D eigenvalue weighted by atomic mass is 16.6. The maximum Gasteiger partial charge on any atom is 0.339 e. The zero-order valence-electron chi connectivity index (χ0n) is 19.6. The number of hydrogen-bond donors (Lipinski definition) is 0. The van der Waals surface area contributed by atoms with Crippen molar-refractivity contribution in [3.8, 4) is 22.6 Å². The first-order chi connectivity index (χ1) is 18.2. The molecular weight excluding hydrogens is 468 g/mol. The van der Waals surface area contributed by atoms with Crippen LogP contribution in [0.1, 0.15) is 21.8 Å². The molecule has 0 atom stereocenters. The van der Waals surface area contributed by atoms with Crippen molar-refractivity contribution in [3.63, 3.8) is 0 Å². The largest absolute Gasteiger partial charge is 0.452 e. The maximum atomic E-state index is 13.3. The van der Waals surface area contributed by atoms with Crippen molar-refractivity contribution in [1.29, 1.82) is 0 Å². The average Bonchev–Trinajstić information content (AvgIpc) is 3.60. The first-order valence-corrected chi connectivity index (χ1v) is 11.6. The van der Waals surface area contributed by atoms with E-state index in [9.17, 15) is 4.79 Å². The van der Waals surface area contributed by atoms with Crippen molar-refractivity contribution in [2.75, 3.05) is 0 Å². The molecule has 6 rings (SSSR count). The Morgan fingerprint density at radius 1 is 0.892 bits per heavy atom. The third kappa shape index (κ3) is 4.70. The highest BCUT2D eigenvalue weighted by Gasteiger charge is 2.20. The predicted molar refractivity (Wildman–Crippen MR) is 135 cm³/mol. The van der Waals surface area contributed by atoms with Crippen LogP contribution < -0.4 is 0 Å². The summed E-state index contributed by atoms with van der Waals surface area (Å²) in [5, 5.41) is 9.07. The number of carbonyl (C=O) groups is 1. The lowest BCUT2D eigenvalue weighted by Crippen LogP contribution is -2.08. The molecule has 9 heteroatoms. The summed E-state index contributed by atoms with van der Waals surface area (Å²) in [6.07, 6.45) is 5.12. The molecule has 0 amide bonds. The van der Waals surface area contributed by atoms with Gasteiger partial charge in [0.2, 0.25) is 5.82 Å². The summed E-state index contributed by atoms with van der Waals surface area (Å²) in [7, 11) is 0. The number of ether oxygens (including phenoxy) is 1. The summed E-state index contributed by atoms with van der Waals surface area (Å²) < 4.78 is 12.6. The smallest absolute Gasteiger partial charge is 0.339 e. The van der Waals surface area contributed by atoms with Gasteiger partial charge in [-0.3, -0.25) is 4.98 Å². The SMILES string of the molecule is O=C(OCc1nc(-c2ccccc2)no1)c1cc(-c2ccccc2)nc2c1cnn2Cc1cccnc1. The van der Waals surface area contributed by atoms with Crippen molar-refractivity contribution in [1.82, 2.24) is 29.9 Å². The molecule has 0 fully saturated rings. The zero-order valence-corrected chi connectivity index (χ0v) is 19.6. The Balaban J connectivity index is 1.31. The molecule has 180 valence electrons. The molecular formula is C28H20N6O3. The number of fused-ring (bicyclic) bond motifs is 1. The molecule has 4 aromatic heterocycles. The highest BCUT2D eigenvalue weighted by Crippen LogP contribution is 2.26. The van der Waals surface area contributed by atoms with Crippen molar-refractivity contribution in [3.05, 3.63) is 114 Å². The van der Waals surface area contributed by atoms with Gasteiger partial charge < -0.3 is 9.26 Å². The summed E-state index contributed by atoms with van der Waals surface area (Å²) in [4.78, 5) is 26.6. The fourth-order valence-electron chi connectivity index (χ4n) is 3.98. The number of nitrogens with zero attached hydrogens (tertiary/aromatic N) is 6. The van der Waals surface area contributed by atoms with Gasteiger partial charge in [0.1, 0.15) is 0 Å². The van der Waals surface area contributed by atoms with Crippen molar-refractivity contribution in [2.24, 2.45) is 0 Å². The molecule has 2 aromatic carbocycles. The predicted octanol–water partition coefficient (Wildman–Crippen LogP) is 4.95. The van der Waals surface area contributed by atoms with E-state index in [1.165, 1.54) is 0 Å². The topological polar surface area (TPSA) is 109 Å². The molecule has 0 aliphatic rings. The van der Waals surface area contributed by atoms with Crippen LogP contribution >= 0.6 is 0 Å². The fourth-order valence-corrected chi connectivity index (χ4v) is 3.98. The van der Waals surface area contributed by atoms with E-state index in [0.29, 0.717) is 34.7 Å². The molecule has 0 N–H and O–H groups in total. The molecule has 0 saturated carbocycles. The van der Waals surface area contributed by atoms with E-state index in [-0.39, 0.29) is 12.5 Å². The van der Waals surface area contributed by atoms with Gasteiger partial charge in [0.15, 0.2) is 12.3 Å². The Labute approximate surface area is 211 Å². The fraction of sp³-hybridized carbons (Fsp3) is 0.0714. The lowest BCUT2D eigenvalue weighted by Gasteiger charge is -2.09. The molecule has 37 heavy (non-hydrogen) atoms. The molecule has 0 radical (unpaired) electrons.